The summed E-state index contributed by atoms with van der Waals surface area (Å²) < 4.78 is 0. The fraction of sp³-hybridized carbons (Fsp3) is 1.00. The van der Waals surface area contributed by atoms with Crippen LogP contribution in [-0.2, 0) is 0 Å². The van der Waals surface area contributed by atoms with Gasteiger partial charge >= 0.3 is 0 Å². The zero-order valence-electron chi connectivity index (χ0n) is 6.33. The Hall–Kier alpha value is 0.290. The van der Waals surface area contributed by atoms with Crippen molar-refractivity contribution in [2.45, 2.75) is 44.9 Å². The van der Waals surface area contributed by atoms with Crippen molar-refractivity contribution >= 4 is 11.6 Å². The Kier molecular flexibility index (Phi) is 8.56. The van der Waals surface area contributed by atoms with Crippen LogP contribution in [0.4, 0.5) is 0 Å². The summed E-state index contributed by atoms with van der Waals surface area (Å²) in [7, 11) is 0. The second-order valence-corrected chi connectivity index (χ2v) is 2.47. The first-order valence-electron chi connectivity index (χ1n) is 3.88. The molecule has 1 aliphatic rings. The number of hydrogen-bond acceptors (Lipinski definition) is 0. The van der Waals surface area contributed by atoms with Gasteiger partial charge in [-0.2, -0.15) is 0 Å². The van der Waals surface area contributed by atoms with Gasteiger partial charge in [0.1, 0.15) is 0 Å². The molecule has 9 heavy (non-hydrogen) atoms. The molecule has 1 heteroatoms. The smallest absolute Gasteiger partial charge is 0.0108 e. The number of hydrogen-bond donors (Lipinski definition) is 0. The number of rotatable bonds is 0. The molecule has 56 valence electrons. The Morgan fingerprint density at radius 2 is 0.667 bits per heavy atom. The lowest BCUT2D eigenvalue weighted by Gasteiger charge is -1.85. The predicted octanol–water partition coefficient (Wildman–Crippen LogP) is 3.59. The average Bonchev–Trinajstić information content (AvgIpc) is 2.21. The Labute approximate surface area is 63.6 Å². The Balaban J connectivity index is 0.000000291. The third-order valence-electron chi connectivity index (χ3n) is 1.75. The minimum absolute atomic E-state index is 1.47. The van der Waals surface area contributed by atoms with E-state index in [1.165, 1.54) is 51.3 Å². The molecule has 0 nitrogen and oxygen atoms in total. The van der Waals surface area contributed by atoms with Crippen molar-refractivity contribution in [3.8, 4) is 0 Å². The van der Waals surface area contributed by atoms with Crippen molar-refractivity contribution in [1.29, 1.82) is 0 Å². The highest BCUT2D eigenvalue weighted by Crippen LogP contribution is 2.15. The molecule has 0 unspecified atom stereocenters. The van der Waals surface area contributed by atoms with Crippen molar-refractivity contribution in [2.75, 3.05) is 6.38 Å². The quantitative estimate of drug-likeness (QED) is 0.364. The van der Waals surface area contributed by atoms with Gasteiger partial charge in [0.05, 0.1) is 0 Å². The second-order valence-electron chi connectivity index (χ2n) is 2.47. The van der Waals surface area contributed by atoms with E-state index in [1.54, 1.807) is 0 Å². The average molecular weight is 149 g/mol. The third kappa shape index (κ3) is 6.17. The first-order chi connectivity index (χ1) is 4.50. The van der Waals surface area contributed by atoms with Gasteiger partial charge in [-0.3, -0.25) is 0 Å². The molecule has 0 heterocycles. The lowest BCUT2D eigenvalue weighted by Crippen LogP contribution is -1.66. The molecule has 1 fully saturated rings. The summed E-state index contributed by atoms with van der Waals surface area (Å²) in [5.74, 6) is 0. The van der Waals surface area contributed by atoms with E-state index < -0.39 is 0 Å². The standard InChI is InChI=1S/C7H14.CH3Cl/c1-2-4-6-7-5-3-1;1-2/h1-7H2;1H3. The van der Waals surface area contributed by atoms with E-state index >= 15 is 0 Å². The van der Waals surface area contributed by atoms with Crippen LogP contribution in [0, 0.1) is 0 Å². The summed E-state index contributed by atoms with van der Waals surface area (Å²) >= 11 is 4.64. The van der Waals surface area contributed by atoms with E-state index in [0.717, 1.165) is 0 Å². The summed E-state index contributed by atoms with van der Waals surface area (Å²) in [4.78, 5) is 0. The van der Waals surface area contributed by atoms with E-state index in [0.29, 0.717) is 0 Å². The summed E-state index contributed by atoms with van der Waals surface area (Å²) in [5.41, 5.74) is 0. The fourth-order valence-corrected chi connectivity index (χ4v) is 1.24. The van der Waals surface area contributed by atoms with Gasteiger partial charge in [0.2, 0.25) is 0 Å². The molecule has 0 N–H and O–H groups in total. The molecule has 0 aliphatic heterocycles. The van der Waals surface area contributed by atoms with Crippen LogP contribution in [0.3, 0.4) is 0 Å². The summed E-state index contributed by atoms with van der Waals surface area (Å²) in [6.45, 7) is 0. The van der Waals surface area contributed by atoms with Crippen LogP contribution in [0.15, 0.2) is 0 Å². The minimum atomic E-state index is 1.47. The van der Waals surface area contributed by atoms with Gasteiger partial charge in [-0.15, -0.1) is 11.6 Å². The van der Waals surface area contributed by atoms with Crippen LogP contribution >= 0.6 is 11.6 Å². The van der Waals surface area contributed by atoms with Crippen molar-refractivity contribution in [2.24, 2.45) is 0 Å². The predicted molar refractivity (Wildman–Crippen MR) is 44.1 cm³/mol. The van der Waals surface area contributed by atoms with Crippen LogP contribution in [0.25, 0.3) is 0 Å². The highest BCUT2D eigenvalue weighted by atomic mass is 35.5. The van der Waals surface area contributed by atoms with Gasteiger partial charge in [-0.25, -0.2) is 0 Å². The van der Waals surface area contributed by atoms with Gasteiger partial charge in [-0.1, -0.05) is 44.9 Å². The van der Waals surface area contributed by atoms with E-state index in [4.69, 9.17) is 0 Å². The first-order valence-corrected chi connectivity index (χ1v) is 4.63. The SMILES string of the molecule is C1CCCCCC1.CCl. The lowest BCUT2D eigenvalue weighted by molar-refractivity contribution is 0.702. The molecule has 1 rings (SSSR count). The van der Waals surface area contributed by atoms with Gasteiger partial charge in [-0.05, 0) is 0 Å². The molecular weight excluding hydrogens is 132 g/mol. The maximum Gasteiger partial charge on any atom is 0.0108 e. The molecule has 0 bridgehead atoms. The molecule has 0 aromatic heterocycles. The molecule has 0 atom stereocenters. The van der Waals surface area contributed by atoms with E-state index in [9.17, 15) is 0 Å². The maximum absolute atomic E-state index is 4.64. The van der Waals surface area contributed by atoms with Gasteiger partial charge in [0, 0.05) is 6.38 Å². The molecule has 0 aromatic carbocycles. The topological polar surface area (TPSA) is 0 Å². The molecule has 1 aliphatic carbocycles. The van der Waals surface area contributed by atoms with Gasteiger partial charge in [0.15, 0.2) is 0 Å². The van der Waals surface area contributed by atoms with Gasteiger partial charge in [0.25, 0.3) is 0 Å². The largest absolute Gasteiger partial charge is 0.130 e. The highest BCUT2D eigenvalue weighted by Gasteiger charge is 1.95. The summed E-state index contributed by atoms with van der Waals surface area (Å²) in [6, 6.07) is 0. The molecule has 0 radical (unpaired) electrons. The van der Waals surface area contributed by atoms with Crippen LogP contribution in [0.1, 0.15) is 44.9 Å². The normalized spacial score (nSPS) is 19.3. The molecule has 0 amide bonds. The maximum atomic E-state index is 4.64. The van der Waals surface area contributed by atoms with E-state index in [2.05, 4.69) is 11.6 Å². The molecular formula is C8H17Cl. The minimum Gasteiger partial charge on any atom is -0.130 e. The van der Waals surface area contributed by atoms with Crippen molar-refractivity contribution in [3.63, 3.8) is 0 Å². The van der Waals surface area contributed by atoms with E-state index in [1.807, 2.05) is 0 Å². The molecule has 0 spiro atoms. The Morgan fingerprint density at radius 1 is 0.556 bits per heavy atom. The second kappa shape index (κ2) is 8.29. The Bertz CT molecular complexity index is 24.2. The summed E-state index contributed by atoms with van der Waals surface area (Å²) in [5, 5.41) is 0. The molecule has 0 saturated heterocycles. The monoisotopic (exact) mass is 148 g/mol. The number of halogens is 1. The van der Waals surface area contributed by atoms with Crippen LogP contribution in [-0.4, -0.2) is 6.38 Å². The van der Waals surface area contributed by atoms with Crippen LogP contribution in [0.5, 0.6) is 0 Å². The fourth-order valence-electron chi connectivity index (χ4n) is 1.24. The van der Waals surface area contributed by atoms with Crippen molar-refractivity contribution in [1.82, 2.24) is 0 Å². The zero-order chi connectivity index (χ0) is 6.95. The van der Waals surface area contributed by atoms with Crippen molar-refractivity contribution < 1.29 is 0 Å². The Morgan fingerprint density at radius 3 is 0.778 bits per heavy atom. The lowest BCUT2D eigenvalue weighted by atomic mass is 10.2. The van der Waals surface area contributed by atoms with E-state index in [-0.39, 0.29) is 0 Å². The summed E-state index contributed by atoms with van der Waals surface area (Å²) in [6.07, 6.45) is 12.0. The first kappa shape index (κ1) is 9.29. The van der Waals surface area contributed by atoms with Gasteiger partial charge < -0.3 is 0 Å². The molecule has 0 aromatic rings. The van der Waals surface area contributed by atoms with Crippen LogP contribution in [0.2, 0.25) is 0 Å². The molecule has 1 saturated carbocycles. The zero-order valence-corrected chi connectivity index (χ0v) is 7.08. The van der Waals surface area contributed by atoms with Crippen molar-refractivity contribution in [3.05, 3.63) is 0 Å². The third-order valence-corrected chi connectivity index (χ3v) is 1.75. The van der Waals surface area contributed by atoms with Crippen LogP contribution < -0.4 is 0 Å². The highest BCUT2D eigenvalue weighted by molar-refractivity contribution is 6.15. The number of alkyl halides is 1.